The Bertz CT molecular complexity index is 160. The minimum absolute atomic E-state index is 0.00224. The number of amides is 1. The molecule has 0 aliphatic carbocycles. The second-order valence-corrected chi connectivity index (χ2v) is 5.03. The summed E-state index contributed by atoms with van der Waals surface area (Å²) >= 11 is 0. The lowest BCUT2D eigenvalue weighted by Gasteiger charge is -2.01. The molecule has 0 saturated carbocycles. The first kappa shape index (κ1) is 30.3. The molecule has 0 aliphatic heterocycles. The minimum Gasteiger partial charge on any atom is -0.382 e. The summed E-state index contributed by atoms with van der Waals surface area (Å²) in [6, 6.07) is 0. The zero-order valence-corrected chi connectivity index (χ0v) is 17.3. The maximum atomic E-state index is 10.6. The highest BCUT2D eigenvalue weighted by Crippen LogP contribution is 1.82. The van der Waals surface area contributed by atoms with E-state index in [0.29, 0.717) is 26.2 Å². The van der Waals surface area contributed by atoms with Crippen LogP contribution in [0.1, 0.15) is 86.5 Å². The zero-order chi connectivity index (χ0) is 18.8. The molecule has 23 heavy (non-hydrogen) atoms. The topological polar surface area (TPSA) is 47.6 Å². The van der Waals surface area contributed by atoms with Gasteiger partial charge in [0.05, 0.1) is 19.8 Å². The Hall–Kier alpha value is -0.610. The molecule has 0 spiro atoms. The van der Waals surface area contributed by atoms with E-state index in [0.717, 1.165) is 0 Å². The van der Waals surface area contributed by atoms with Crippen LogP contribution < -0.4 is 5.32 Å². The van der Waals surface area contributed by atoms with Crippen LogP contribution in [0, 0.1) is 0 Å². The fourth-order valence-corrected chi connectivity index (χ4v) is 0.534. The average Bonchev–Trinajstić information content (AvgIpc) is 2.61. The highest BCUT2D eigenvalue weighted by molar-refractivity contribution is 5.75. The van der Waals surface area contributed by atoms with Gasteiger partial charge in [-0.1, -0.05) is 80.1 Å². The highest BCUT2D eigenvalue weighted by Gasteiger charge is 1.95. The first-order valence-electron chi connectivity index (χ1n) is 9.32. The van der Waals surface area contributed by atoms with Gasteiger partial charge in [-0.25, -0.2) is 0 Å². The lowest BCUT2D eigenvalue weighted by atomic mass is 10.4. The fourth-order valence-electron chi connectivity index (χ4n) is 0.534. The Kier molecular flexibility index (Phi) is 49.4. The summed E-state index contributed by atoms with van der Waals surface area (Å²) in [6.45, 7) is 14.7. The van der Waals surface area contributed by atoms with E-state index in [1.807, 2.05) is 0 Å². The normalized spacial score (nSPS) is 8.52. The van der Waals surface area contributed by atoms with Crippen LogP contribution in [0.25, 0.3) is 0 Å². The molecule has 0 bridgehead atoms. The Morgan fingerprint density at radius 3 is 1.39 bits per heavy atom. The molecule has 0 atom stereocenters. The van der Waals surface area contributed by atoms with Gasteiger partial charge in [-0.2, -0.15) is 0 Å². The minimum atomic E-state index is 0.00224. The number of ether oxygens (including phenoxy) is 2. The van der Waals surface area contributed by atoms with Crippen LogP contribution >= 0.6 is 0 Å². The molecule has 1 amide bonds. The van der Waals surface area contributed by atoms with Gasteiger partial charge in [-0.15, -0.1) is 0 Å². The largest absolute Gasteiger partial charge is 0.382 e. The molecule has 0 radical (unpaired) electrons. The van der Waals surface area contributed by atoms with Crippen molar-refractivity contribution >= 4 is 5.91 Å². The SMILES string of the molecule is CCCC.CCCC.CCCC.CNC(=O)CCOCCOC. The molecule has 0 fully saturated rings. The van der Waals surface area contributed by atoms with E-state index < -0.39 is 0 Å². The van der Waals surface area contributed by atoms with Crippen LogP contribution in [0.3, 0.4) is 0 Å². The number of methoxy groups -OCH3 is 1. The monoisotopic (exact) mass is 335 g/mol. The second-order valence-electron chi connectivity index (χ2n) is 5.03. The maximum Gasteiger partial charge on any atom is 0.222 e. The fraction of sp³-hybridized carbons (Fsp3) is 0.947. The lowest BCUT2D eigenvalue weighted by Crippen LogP contribution is -2.19. The molecule has 0 unspecified atom stereocenters. The van der Waals surface area contributed by atoms with Gasteiger partial charge < -0.3 is 14.8 Å². The first-order valence-corrected chi connectivity index (χ1v) is 9.32. The molecule has 0 saturated heterocycles. The Labute approximate surface area is 146 Å². The van der Waals surface area contributed by atoms with Crippen LogP contribution in [0.15, 0.2) is 0 Å². The first-order chi connectivity index (χ1) is 11.1. The van der Waals surface area contributed by atoms with Crippen molar-refractivity contribution in [2.24, 2.45) is 0 Å². The van der Waals surface area contributed by atoms with Gasteiger partial charge in [0.2, 0.25) is 5.91 Å². The number of rotatable bonds is 9. The molecule has 1 N–H and O–H groups in total. The van der Waals surface area contributed by atoms with Gasteiger partial charge in [0.15, 0.2) is 0 Å². The van der Waals surface area contributed by atoms with Gasteiger partial charge in [-0.05, 0) is 0 Å². The van der Waals surface area contributed by atoms with Gasteiger partial charge >= 0.3 is 0 Å². The maximum absolute atomic E-state index is 10.6. The van der Waals surface area contributed by atoms with Crippen LogP contribution in [0.4, 0.5) is 0 Å². The summed E-state index contributed by atoms with van der Waals surface area (Å²) in [4.78, 5) is 10.6. The number of carbonyl (C=O) groups excluding carboxylic acids is 1. The van der Waals surface area contributed by atoms with E-state index in [-0.39, 0.29) is 5.91 Å². The highest BCUT2D eigenvalue weighted by atomic mass is 16.5. The number of hydrogen-bond acceptors (Lipinski definition) is 3. The molecular weight excluding hydrogens is 290 g/mol. The van der Waals surface area contributed by atoms with E-state index in [2.05, 4.69) is 46.9 Å². The molecule has 4 heteroatoms. The van der Waals surface area contributed by atoms with E-state index in [4.69, 9.17) is 9.47 Å². The van der Waals surface area contributed by atoms with Gasteiger partial charge in [-0.3, -0.25) is 4.79 Å². The molecule has 0 heterocycles. The molecule has 0 aromatic rings. The van der Waals surface area contributed by atoms with E-state index >= 15 is 0 Å². The van der Waals surface area contributed by atoms with Crippen LogP contribution in [0.5, 0.6) is 0 Å². The van der Waals surface area contributed by atoms with Crippen molar-refractivity contribution in [2.45, 2.75) is 86.5 Å². The van der Waals surface area contributed by atoms with E-state index in [1.165, 1.54) is 38.5 Å². The molecule has 4 nitrogen and oxygen atoms in total. The summed E-state index contributed by atoms with van der Waals surface area (Å²) < 4.78 is 9.81. The number of nitrogens with one attached hydrogen (secondary N) is 1. The number of unbranched alkanes of at least 4 members (excludes halogenated alkanes) is 3. The Morgan fingerprint density at radius 2 is 1.13 bits per heavy atom. The van der Waals surface area contributed by atoms with Crippen molar-refractivity contribution in [1.82, 2.24) is 5.32 Å². The van der Waals surface area contributed by atoms with E-state index in [1.54, 1.807) is 14.2 Å². The number of carbonyl (C=O) groups is 1. The van der Waals surface area contributed by atoms with Crippen LogP contribution in [-0.4, -0.2) is 39.9 Å². The quantitative estimate of drug-likeness (QED) is 0.589. The summed E-state index contributed by atoms with van der Waals surface area (Å²) in [5, 5.41) is 2.51. The van der Waals surface area contributed by atoms with Gasteiger partial charge in [0.25, 0.3) is 0 Å². The summed E-state index contributed by atoms with van der Waals surface area (Å²) in [7, 11) is 3.22. The second kappa shape index (κ2) is 37.5. The third kappa shape index (κ3) is 62.0. The van der Waals surface area contributed by atoms with Crippen molar-refractivity contribution in [1.29, 1.82) is 0 Å². The lowest BCUT2D eigenvalue weighted by molar-refractivity contribution is -0.121. The molecular formula is C19H45NO3. The van der Waals surface area contributed by atoms with Crippen LogP contribution in [0.2, 0.25) is 0 Å². The average molecular weight is 336 g/mol. The molecule has 0 aliphatic rings. The predicted molar refractivity (Wildman–Crippen MR) is 103 cm³/mol. The predicted octanol–water partition coefficient (Wildman–Crippen LogP) is 5.20. The molecule has 0 rings (SSSR count). The van der Waals surface area contributed by atoms with Crippen molar-refractivity contribution in [3.05, 3.63) is 0 Å². The third-order valence-electron chi connectivity index (χ3n) is 2.68. The molecule has 0 aromatic heterocycles. The van der Waals surface area contributed by atoms with E-state index in [9.17, 15) is 4.79 Å². The van der Waals surface area contributed by atoms with Crippen molar-refractivity contribution in [3.63, 3.8) is 0 Å². The smallest absolute Gasteiger partial charge is 0.222 e. The summed E-state index contributed by atoms with van der Waals surface area (Å²) in [6.07, 6.45) is 8.33. The molecule has 144 valence electrons. The Balaban J connectivity index is -0.000000124. The number of hydrogen-bond donors (Lipinski definition) is 1. The third-order valence-corrected chi connectivity index (χ3v) is 2.68. The standard InChI is InChI=1S/C7H15NO3.3C4H10/c1-8-7(9)3-4-11-6-5-10-2;3*1-3-4-2/h3-6H2,1-2H3,(H,8,9);3*3-4H2,1-2H3. The van der Waals surface area contributed by atoms with Crippen molar-refractivity contribution < 1.29 is 14.3 Å². The van der Waals surface area contributed by atoms with Gasteiger partial charge in [0, 0.05) is 20.6 Å². The summed E-state index contributed by atoms with van der Waals surface area (Å²) in [5.41, 5.74) is 0. The van der Waals surface area contributed by atoms with Crippen LogP contribution in [-0.2, 0) is 14.3 Å². The van der Waals surface area contributed by atoms with Crippen molar-refractivity contribution in [3.8, 4) is 0 Å². The zero-order valence-electron chi connectivity index (χ0n) is 17.3. The molecule has 0 aromatic carbocycles. The summed E-state index contributed by atoms with van der Waals surface area (Å²) in [5.74, 6) is 0.00224. The van der Waals surface area contributed by atoms with Crippen molar-refractivity contribution in [2.75, 3.05) is 34.0 Å². The van der Waals surface area contributed by atoms with Gasteiger partial charge in [0.1, 0.15) is 0 Å². The Morgan fingerprint density at radius 1 is 0.739 bits per heavy atom.